The summed E-state index contributed by atoms with van der Waals surface area (Å²) in [6.45, 7) is 2.79. The maximum Gasteiger partial charge on any atom is 0.297 e. The predicted octanol–water partition coefficient (Wildman–Crippen LogP) is 1.31. The number of aromatic nitrogens is 2. The lowest BCUT2D eigenvalue weighted by atomic mass is 10.3. The summed E-state index contributed by atoms with van der Waals surface area (Å²) in [5, 5.41) is 10.9. The summed E-state index contributed by atoms with van der Waals surface area (Å²) in [5.74, 6) is 0.669. The number of hydrogen-bond acceptors (Lipinski definition) is 5. The summed E-state index contributed by atoms with van der Waals surface area (Å²) in [4.78, 5) is 20.0. The van der Waals surface area contributed by atoms with Crippen molar-refractivity contribution in [2.75, 3.05) is 31.2 Å². The van der Waals surface area contributed by atoms with Gasteiger partial charge in [0.25, 0.3) is 5.69 Å². The fourth-order valence-electron chi connectivity index (χ4n) is 2.08. The highest BCUT2D eigenvalue weighted by atomic mass is 16.6. The predicted molar refractivity (Wildman–Crippen MR) is 65.8 cm³/mol. The van der Waals surface area contributed by atoms with Crippen molar-refractivity contribution in [2.45, 2.75) is 0 Å². The van der Waals surface area contributed by atoms with Crippen LogP contribution in [0.25, 0.3) is 11.0 Å². The number of aromatic amines is 1. The van der Waals surface area contributed by atoms with Gasteiger partial charge in [-0.15, -0.1) is 0 Å². The minimum Gasteiger partial charge on any atom is -0.378 e. The zero-order valence-electron chi connectivity index (χ0n) is 9.63. The molecule has 3 rings (SSSR count). The first-order valence-electron chi connectivity index (χ1n) is 5.71. The third kappa shape index (κ3) is 1.78. The molecule has 1 saturated heterocycles. The largest absolute Gasteiger partial charge is 0.378 e. The summed E-state index contributed by atoms with van der Waals surface area (Å²) < 4.78 is 5.27. The first-order valence-corrected chi connectivity index (χ1v) is 5.71. The molecule has 0 spiro atoms. The van der Waals surface area contributed by atoms with Gasteiger partial charge in [-0.2, -0.15) is 0 Å². The van der Waals surface area contributed by atoms with Gasteiger partial charge in [0.05, 0.1) is 23.7 Å². The average Bonchev–Trinajstić information content (AvgIpc) is 2.83. The van der Waals surface area contributed by atoms with E-state index >= 15 is 0 Å². The molecule has 1 aromatic heterocycles. The molecular weight excluding hydrogens is 236 g/mol. The Bertz CT molecular complexity index is 589. The molecule has 2 aromatic rings. The molecule has 1 fully saturated rings. The van der Waals surface area contributed by atoms with E-state index in [9.17, 15) is 10.1 Å². The van der Waals surface area contributed by atoms with Crippen LogP contribution in [0.2, 0.25) is 0 Å². The third-order valence-electron chi connectivity index (χ3n) is 2.99. The molecule has 0 atom stereocenters. The number of hydrogen-bond donors (Lipinski definition) is 1. The zero-order chi connectivity index (χ0) is 12.5. The van der Waals surface area contributed by atoms with E-state index in [2.05, 4.69) is 9.97 Å². The average molecular weight is 248 g/mol. The molecule has 7 heteroatoms. The fraction of sp³-hybridized carbons (Fsp3) is 0.364. The summed E-state index contributed by atoms with van der Waals surface area (Å²) in [6.07, 6.45) is 0. The van der Waals surface area contributed by atoms with Crippen molar-refractivity contribution >= 4 is 22.7 Å². The number of morpholine rings is 1. The fourth-order valence-corrected chi connectivity index (χ4v) is 2.08. The highest BCUT2D eigenvalue weighted by Crippen LogP contribution is 2.26. The minimum absolute atomic E-state index is 0.0308. The Morgan fingerprint density at radius 3 is 2.89 bits per heavy atom. The summed E-state index contributed by atoms with van der Waals surface area (Å²) in [6, 6.07) is 4.91. The van der Waals surface area contributed by atoms with Crippen molar-refractivity contribution < 1.29 is 9.66 Å². The number of ether oxygens (including phenoxy) is 1. The smallest absolute Gasteiger partial charge is 0.297 e. The van der Waals surface area contributed by atoms with Crippen LogP contribution in [-0.4, -0.2) is 41.2 Å². The van der Waals surface area contributed by atoms with Crippen molar-refractivity contribution in [1.82, 2.24) is 9.97 Å². The lowest BCUT2D eigenvalue weighted by Gasteiger charge is -2.25. The van der Waals surface area contributed by atoms with E-state index in [1.54, 1.807) is 12.1 Å². The number of nitro groups is 1. The molecule has 94 valence electrons. The van der Waals surface area contributed by atoms with E-state index in [1.807, 2.05) is 4.90 Å². The summed E-state index contributed by atoms with van der Waals surface area (Å²) in [7, 11) is 0. The van der Waals surface area contributed by atoms with Crippen LogP contribution in [0.5, 0.6) is 0 Å². The number of nitro benzene ring substituents is 1. The third-order valence-corrected chi connectivity index (χ3v) is 2.99. The molecule has 1 aromatic carbocycles. The van der Waals surface area contributed by atoms with Crippen LogP contribution in [0, 0.1) is 10.1 Å². The van der Waals surface area contributed by atoms with E-state index in [0.29, 0.717) is 30.2 Å². The van der Waals surface area contributed by atoms with Crippen molar-refractivity contribution in [2.24, 2.45) is 0 Å². The second-order valence-corrected chi connectivity index (χ2v) is 4.09. The van der Waals surface area contributed by atoms with Gasteiger partial charge in [0, 0.05) is 19.2 Å². The molecule has 18 heavy (non-hydrogen) atoms. The first-order chi connectivity index (χ1) is 8.75. The van der Waals surface area contributed by atoms with Gasteiger partial charge < -0.3 is 14.6 Å². The van der Waals surface area contributed by atoms with Crippen LogP contribution in [0.15, 0.2) is 18.2 Å². The maximum atomic E-state index is 10.9. The van der Waals surface area contributed by atoms with Crippen molar-refractivity contribution in [3.05, 3.63) is 28.3 Å². The quantitative estimate of drug-likeness (QED) is 0.639. The van der Waals surface area contributed by atoms with Gasteiger partial charge in [-0.1, -0.05) is 6.07 Å². The Kier molecular flexibility index (Phi) is 2.60. The molecule has 1 aliphatic rings. The SMILES string of the molecule is O=[N+]([O-])c1cccc2[nH]c(N3CCOCC3)nc12. The van der Waals surface area contributed by atoms with Crippen LogP contribution in [0.4, 0.5) is 11.6 Å². The number of H-pyrrole nitrogens is 1. The highest BCUT2D eigenvalue weighted by molar-refractivity contribution is 5.86. The van der Waals surface area contributed by atoms with Gasteiger partial charge in [0.1, 0.15) is 0 Å². The molecular formula is C11H12N4O3. The Balaban J connectivity index is 2.04. The Labute approximate surface area is 103 Å². The number of para-hydroxylation sites is 1. The number of benzene rings is 1. The molecule has 2 heterocycles. The number of rotatable bonds is 2. The molecule has 0 unspecified atom stereocenters. The van der Waals surface area contributed by atoms with E-state index < -0.39 is 4.92 Å². The number of fused-ring (bicyclic) bond motifs is 1. The van der Waals surface area contributed by atoms with Gasteiger partial charge >= 0.3 is 0 Å². The minimum atomic E-state index is -0.410. The second kappa shape index (κ2) is 4.26. The lowest BCUT2D eigenvalue weighted by Crippen LogP contribution is -2.36. The van der Waals surface area contributed by atoms with Crippen LogP contribution in [0.1, 0.15) is 0 Å². The topological polar surface area (TPSA) is 84.3 Å². The van der Waals surface area contributed by atoms with Crippen LogP contribution < -0.4 is 4.90 Å². The van der Waals surface area contributed by atoms with Gasteiger partial charge in [-0.05, 0) is 6.07 Å². The highest BCUT2D eigenvalue weighted by Gasteiger charge is 2.19. The maximum absolute atomic E-state index is 10.9. The number of imidazole rings is 1. The number of nitrogens with zero attached hydrogens (tertiary/aromatic N) is 3. The standard InChI is InChI=1S/C11H12N4O3/c16-15(17)9-3-1-2-8-10(9)13-11(12-8)14-4-6-18-7-5-14/h1-3H,4-7H2,(H,12,13). The van der Waals surface area contributed by atoms with Gasteiger partial charge in [0.15, 0.2) is 5.52 Å². The normalized spacial score (nSPS) is 16.1. The molecule has 1 aliphatic heterocycles. The zero-order valence-corrected chi connectivity index (χ0v) is 9.63. The second-order valence-electron chi connectivity index (χ2n) is 4.09. The van der Waals surface area contributed by atoms with E-state index in [4.69, 9.17) is 4.74 Å². The van der Waals surface area contributed by atoms with E-state index in [1.165, 1.54) is 6.07 Å². The summed E-state index contributed by atoms with van der Waals surface area (Å²) in [5.41, 5.74) is 1.12. The van der Waals surface area contributed by atoms with Crippen LogP contribution in [-0.2, 0) is 4.74 Å². The molecule has 0 saturated carbocycles. The van der Waals surface area contributed by atoms with E-state index in [-0.39, 0.29) is 5.69 Å². The van der Waals surface area contributed by atoms with Gasteiger partial charge in [-0.25, -0.2) is 4.98 Å². The molecule has 1 N–H and O–H groups in total. The van der Waals surface area contributed by atoms with Crippen LogP contribution in [0.3, 0.4) is 0 Å². The molecule has 0 amide bonds. The van der Waals surface area contributed by atoms with Gasteiger partial charge in [0.2, 0.25) is 5.95 Å². The monoisotopic (exact) mass is 248 g/mol. The van der Waals surface area contributed by atoms with Crippen molar-refractivity contribution in [1.29, 1.82) is 0 Å². The summed E-state index contributed by atoms with van der Waals surface area (Å²) >= 11 is 0. The Morgan fingerprint density at radius 2 is 2.17 bits per heavy atom. The van der Waals surface area contributed by atoms with Crippen molar-refractivity contribution in [3.63, 3.8) is 0 Å². The molecule has 0 radical (unpaired) electrons. The van der Waals surface area contributed by atoms with E-state index in [0.717, 1.165) is 13.1 Å². The Morgan fingerprint density at radius 1 is 1.39 bits per heavy atom. The number of non-ortho nitro benzene ring substituents is 1. The lowest BCUT2D eigenvalue weighted by molar-refractivity contribution is -0.383. The van der Waals surface area contributed by atoms with Crippen LogP contribution >= 0.6 is 0 Å². The Hall–Kier alpha value is -2.15. The molecule has 7 nitrogen and oxygen atoms in total. The number of nitrogens with one attached hydrogen (secondary N) is 1. The molecule has 0 bridgehead atoms. The van der Waals surface area contributed by atoms with Crippen molar-refractivity contribution in [3.8, 4) is 0 Å². The number of anilines is 1. The van der Waals surface area contributed by atoms with Gasteiger partial charge in [-0.3, -0.25) is 10.1 Å². The first kappa shape index (κ1) is 11.0. The molecule has 0 aliphatic carbocycles.